The number of ether oxygens (including phenoxy) is 1. The number of halogens is 1. The van der Waals surface area contributed by atoms with Crippen LogP contribution in [0.5, 0.6) is 0 Å². The second-order valence-corrected chi connectivity index (χ2v) is 18.1. The molecule has 272 valence electrons. The molecule has 0 saturated heterocycles. The Morgan fingerprint density at radius 3 is 2.40 bits per heavy atom. The standard InChI is InChI=1S/C34H46ClN7O7S/c1-8-10-20-18-34(20,30(45)40-50(47,48)23-13-14-23)37-29(44)25-17-22(42-39-28(38-41-42)19-11-9-12-21(35)15-19)16-24(25)26(43)27(32(2,3)4)36-31(46)49-33(5,6)7/h8-9,11-12,15,20,22-25,27H,1,10,13-14,16-18H2,2-7H3,(H,36,46)(H,37,44)(H,40,45)/t20-,22+,24?,25-,27?,34+/m1/s1. The molecule has 0 spiro atoms. The summed E-state index contributed by atoms with van der Waals surface area (Å²) in [6.07, 6.45) is 2.60. The molecule has 3 amide bonds. The van der Waals surface area contributed by atoms with Gasteiger partial charge in [-0.2, -0.15) is 4.80 Å². The molecule has 5 rings (SSSR count). The lowest BCUT2D eigenvalue weighted by Gasteiger charge is -2.34. The zero-order chi connectivity index (χ0) is 36.8. The van der Waals surface area contributed by atoms with Crippen molar-refractivity contribution in [2.24, 2.45) is 23.2 Å². The van der Waals surface area contributed by atoms with Gasteiger partial charge in [0.05, 0.1) is 17.3 Å². The quantitative estimate of drug-likeness (QED) is 0.268. The number of amides is 3. The van der Waals surface area contributed by atoms with E-state index in [4.69, 9.17) is 16.3 Å². The molecule has 1 aromatic carbocycles. The van der Waals surface area contributed by atoms with Gasteiger partial charge in [-0.3, -0.25) is 19.1 Å². The van der Waals surface area contributed by atoms with E-state index < -0.39 is 79.4 Å². The number of aromatic nitrogens is 4. The predicted octanol–water partition coefficient (Wildman–Crippen LogP) is 4.13. The molecule has 14 nitrogen and oxygen atoms in total. The number of hydrogen-bond donors (Lipinski definition) is 3. The number of alkyl carbamates (subject to hydrolysis) is 1. The lowest BCUT2D eigenvalue weighted by atomic mass is 9.77. The molecule has 3 fully saturated rings. The molecule has 3 N–H and O–H groups in total. The number of allylic oxidation sites excluding steroid dienone is 1. The molecular weight excluding hydrogens is 686 g/mol. The van der Waals surface area contributed by atoms with Gasteiger partial charge in [0.15, 0.2) is 5.78 Å². The third-order valence-electron chi connectivity index (χ3n) is 9.40. The second kappa shape index (κ2) is 13.7. The average molecular weight is 732 g/mol. The van der Waals surface area contributed by atoms with Crippen LogP contribution in [-0.4, -0.2) is 74.7 Å². The van der Waals surface area contributed by atoms with E-state index in [-0.39, 0.29) is 25.2 Å². The number of nitrogens with one attached hydrogen (secondary N) is 3. The van der Waals surface area contributed by atoms with E-state index in [9.17, 15) is 27.6 Å². The number of benzene rings is 1. The first-order valence-electron chi connectivity index (χ1n) is 16.8. The van der Waals surface area contributed by atoms with Gasteiger partial charge in [-0.05, 0) is 88.0 Å². The fourth-order valence-corrected chi connectivity index (χ4v) is 8.13. The number of Topliss-reactive ketones (excluding diaryl/α,β-unsaturated/α-hetero) is 1. The molecule has 0 bridgehead atoms. The Hall–Kier alpha value is -3.85. The van der Waals surface area contributed by atoms with Gasteiger partial charge in [-0.25, -0.2) is 13.2 Å². The van der Waals surface area contributed by atoms with Crippen LogP contribution in [0.4, 0.5) is 4.79 Å². The number of ketones is 1. The van der Waals surface area contributed by atoms with Gasteiger partial charge in [0, 0.05) is 22.4 Å². The summed E-state index contributed by atoms with van der Waals surface area (Å²) >= 11 is 6.17. The van der Waals surface area contributed by atoms with Crippen LogP contribution in [-0.2, 0) is 29.1 Å². The smallest absolute Gasteiger partial charge is 0.408 e. The van der Waals surface area contributed by atoms with Crippen molar-refractivity contribution in [2.75, 3.05) is 0 Å². The van der Waals surface area contributed by atoms with Crippen LogP contribution in [0.15, 0.2) is 36.9 Å². The molecule has 1 heterocycles. The highest BCUT2D eigenvalue weighted by atomic mass is 35.5. The van der Waals surface area contributed by atoms with Gasteiger partial charge in [-0.15, -0.1) is 16.8 Å². The first-order valence-corrected chi connectivity index (χ1v) is 18.7. The molecule has 3 aliphatic carbocycles. The first kappa shape index (κ1) is 37.4. The summed E-state index contributed by atoms with van der Waals surface area (Å²) in [5.41, 5.74) is -2.44. The summed E-state index contributed by atoms with van der Waals surface area (Å²) in [5.74, 6) is -3.77. The van der Waals surface area contributed by atoms with Crippen molar-refractivity contribution in [1.82, 2.24) is 35.6 Å². The summed E-state index contributed by atoms with van der Waals surface area (Å²) in [6.45, 7) is 14.3. The SMILES string of the molecule is C=CC[C@@H]1C[C@@]1(NC(=O)[C@@H]1C[C@@H](n2nnc(-c3cccc(Cl)c3)n2)CC1C(=O)C(NC(=O)OC(C)(C)C)C(C)(C)C)C(=O)NS(=O)(=O)C1CC1. The first-order chi connectivity index (χ1) is 23.2. The van der Waals surface area contributed by atoms with E-state index in [1.807, 2.05) is 0 Å². The van der Waals surface area contributed by atoms with Crippen LogP contribution in [0.3, 0.4) is 0 Å². The Labute approximate surface area is 297 Å². The molecule has 6 atom stereocenters. The van der Waals surface area contributed by atoms with Gasteiger partial charge < -0.3 is 15.4 Å². The van der Waals surface area contributed by atoms with E-state index in [0.29, 0.717) is 35.7 Å². The van der Waals surface area contributed by atoms with E-state index in [2.05, 4.69) is 37.3 Å². The highest BCUT2D eigenvalue weighted by Gasteiger charge is 2.62. The van der Waals surface area contributed by atoms with E-state index in [1.165, 1.54) is 4.80 Å². The molecule has 2 aromatic rings. The van der Waals surface area contributed by atoms with E-state index in [1.54, 1.807) is 71.9 Å². The molecular formula is C34H46ClN7O7S. The molecule has 50 heavy (non-hydrogen) atoms. The minimum Gasteiger partial charge on any atom is -0.444 e. The van der Waals surface area contributed by atoms with Gasteiger partial charge in [0.25, 0.3) is 5.91 Å². The zero-order valence-corrected chi connectivity index (χ0v) is 30.8. The fourth-order valence-electron chi connectivity index (χ4n) is 6.58. The van der Waals surface area contributed by atoms with Crippen LogP contribution < -0.4 is 15.4 Å². The fraction of sp³-hybridized carbons (Fsp3) is 0.618. The highest BCUT2D eigenvalue weighted by Crippen LogP contribution is 2.49. The number of hydrogen-bond acceptors (Lipinski definition) is 10. The largest absolute Gasteiger partial charge is 0.444 e. The van der Waals surface area contributed by atoms with Crippen LogP contribution in [0.1, 0.15) is 86.1 Å². The maximum atomic E-state index is 14.5. The number of tetrazole rings is 1. The van der Waals surface area contributed by atoms with Crippen LogP contribution in [0, 0.1) is 23.2 Å². The maximum absolute atomic E-state index is 14.5. The lowest BCUT2D eigenvalue weighted by molar-refractivity contribution is -0.137. The lowest BCUT2D eigenvalue weighted by Crippen LogP contribution is -2.56. The molecule has 2 unspecified atom stereocenters. The highest BCUT2D eigenvalue weighted by molar-refractivity contribution is 7.91. The van der Waals surface area contributed by atoms with Crippen molar-refractivity contribution in [3.8, 4) is 11.4 Å². The van der Waals surface area contributed by atoms with Crippen molar-refractivity contribution in [2.45, 2.75) is 109 Å². The van der Waals surface area contributed by atoms with Crippen molar-refractivity contribution >= 4 is 45.3 Å². The monoisotopic (exact) mass is 731 g/mol. The number of nitrogens with zero attached hydrogens (tertiary/aromatic N) is 4. The average Bonchev–Trinajstić information content (AvgIpc) is 3.86. The third-order valence-corrected chi connectivity index (χ3v) is 11.4. The number of sulfonamides is 1. The molecule has 3 saturated carbocycles. The van der Waals surface area contributed by atoms with Crippen LogP contribution in [0.25, 0.3) is 11.4 Å². The summed E-state index contributed by atoms with van der Waals surface area (Å²) < 4.78 is 33.1. The number of carbonyl (C=O) groups is 4. The Morgan fingerprint density at radius 1 is 1.12 bits per heavy atom. The minimum atomic E-state index is -3.89. The Kier molecular flexibility index (Phi) is 10.2. The van der Waals surface area contributed by atoms with Gasteiger partial charge in [0.2, 0.25) is 21.8 Å². The minimum absolute atomic E-state index is 0.112. The van der Waals surface area contributed by atoms with Gasteiger partial charge in [0.1, 0.15) is 11.1 Å². The zero-order valence-electron chi connectivity index (χ0n) is 29.2. The normalized spacial score (nSPS) is 25.7. The second-order valence-electron chi connectivity index (χ2n) is 15.7. The van der Waals surface area contributed by atoms with E-state index >= 15 is 0 Å². The maximum Gasteiger partial charge on any atom is 0.408 e. The third kappa shape index (κ3) is 8.36. The predicted molar refractivity (Wildman–Crippen MR) is 185 cm³/mol. The molecule has 3 aliphatic rings. The van der Waals surface area contributed by atoms with Crippen molar-refractivity contribution in [3.63, 3.8) is 0 Å². The summed E-state index contributed by atoms with van der Waals surface area (Å²) in [4.78, 5) is 56.6. The van der Waals surface area contributed by atoms with Crippen molar-refractivity contribution in [3.05, 3.63) is 41.9 Å². The van der Waals surface area contributed by atoms with Crippen LogP contribution in [0.2, 0.25) is 5.02 Å². The number of rotatable bonds is 12. The van der Waals surface area contributed by atoms with Crippen molar-refractivity contribution < 1.29 is 32.3 Å². The summed E-state index contributed by atoms with van der Waals surface area (Å²) in [6, 6.07) is 5.36. The summed E-state index contributed by atoms with van der Waals surface area (Å²) in [7, 11) is -3.89. The molecule has 1 aromatic heterocycles. The Balaban J connectivity index is 1.45. The van der Waals surface area contributed by atoms with Crippen molar-refractivity contribution in [1.29, 1.82) is 0 Å². The van der Waals surface area contributed by atoms with Crippen LogP contribution >= 0.6 is 11.6 Å². The van der Waals surface area contributed by atoms with E-state index in [0.717, 1.165) is 0 Å². The summed E-state index contributed by atoms with van der Waals surface area (Å²) in [5, 5.41) is 18.4. The van der Waals surface area contributed by atoms with Gasteiger partial charge in [-0.1, -0.05) is 50.6 Å². The topological polar surface area (TPSA) is 191 Å². The molecule has 16 heteroatoms. The molecule has 0 aliphatic heterocycles. The van der Waals surface area contributed by atoms with Gasteiger partial charge >= 0.3 is 6.09 Å². The Bertz CT molecular complexity index is 1780. The molecule has 0 radical (unpaired) electrons. The Morgan fingerprint density at radius 2 is 1.80 bits per heavy atom. The number of carbonyl (C=O) groups excluding carboxylic acids is 4.